The van der Waals surface area contributed by atoms with Crippen LogP contribution >= 0.6 is 27.5 Å². The van der Waals surface area contributed by atoms with E-state index in [1.165, 1.54) is 0 Å². The molecular formula is C13H12BrClFN3. The molecule has 1 aromatic heterocycles. The quantitative estimate of drug-likeness (QED) is 0.845. The molecule has 0 aliphatic carbocycles. The highest BCUT2D eigenvalue weighted by molar-refractivity contribution is 9.10. The Hall–Kier alpha value is -1.04. The maximum absolute atomic E-state index is 14.2. The van der Waals surface area contributed by atoms with E-state index < -0.39 is 11.9 Å². The molecule has 1 aromatic carbocycles. The van der Waals surface area contributed by atoms with Gasteiger partial charge in [-0.2, -0.15) is 10.2 Å². The third kappa shape index (κ3) is 2.78. The van der Waals surface area contributed by atoms with Gasteiger partial charge in [-0.15, -0.1) is 0 Å². The van der Waals surface area contributed by atoms with Gasteiger partial charge < -0.3 is 5.73 Å². The van der Waals surface area contributed by atoms with E-state index in [-0.39, 0.29) is 5.02 Å². The Balaban J connectivity index is 2.53. The maximum Gasteiger partial charge on any atom is 0.148 e. The molecule has 1 heterocycles. The van der Waals surface area contributed by atoms with Crippen molar-refractivity contribution in [2.75, 3.05) is 0 Å². The summed E-state index contributed by atoms with van der Waals surface area (Å²) in [4.78, 5) is 0. The summed E-state index contributed by atoms with van der Waals surface area (Å²) in [7, 11) is 0. The van der Waals surface area contributed by atoms with E-state index in [4.69, 9.17) is 17.3 Å². The van der Waals surface area contributed by atoms with E-state index in [2.05, 4.69) is 26.1 Å². The van der Waals surface area contributed by atoms with Gasteiger partial charge in [-0.3, -0.25) is 0 Å². The Labute approximate surface area is 124 Å². The van der Waals surface area contributed by atoms with Crippen LogP contribution in [0.25, 0.3) is 0 Å². The second-order valence-electron chi connectivity index (χ2n) is 4.27. The van der Waals surface area contributed by atoms with Crippen LogP contribution in [0.5, 0.6) is 0 Å². The highest BCUT2D eigenvalue weighted by atomic mass is 79.9. The number of halogens is 3. The van der Waals surface area contributed by atoms with E-state index in [1.807, 2.05) is 13.0 Å². The zero-order chi connectivity index (χ0) is 14.2. The van der Waals surface area contributed by atoms with Crippen molar-refractivity contribution in [3.05, 3.63) is 56.0 Å². The highest BCUT2D eigenvalue weighted by Gasteiger charge is 2.19. The van der Waals surface area contributed by atoms with Gasteiger partial charge in [0.05, 0.1) is 22.5 Å². The van der Waals surface area contributed by atoms with Crippen LogP contribution in [0.4, 0.5) is 4.39 Å². The van der Waals surface area contributed by atoms with Gasteiger partial charge in [-0.25, -0.2) is 4.39 Å². The lowest BCUT2D eigenvalue weighted by molar-refractivity contribution is 0.597. The minimum atomic E-state index is -0.625. The van der Waals surface area contributed by atoms with Crippen molar-refractivity contribution >= 4 is 27.5 Å². The molecule has 0 spiro atoms. The summed E-state index contributed by atoms with van der Waals surface area (Å²) in [5.74, 6) is -0.516. The number of rotatable bonds is 2. The standard InChI is InChI=1S/C13H12BrClFN3/c1-6-5-9(7(2)19-18-6)13(17)8-3-4-10(14)11(15)12(8)16/h3-5,13H,17H2,1-2H3. The number of benzene rings is 1. The Bertz CT molecular complexity index is 634. The molecule has 2 aromatic rings. The van der Waals surface area contributed by atoms with Gasteiger partial charge in [0.15, 0.2) is 0 Å². The highest BCUT2D eigenvalue weighted by Crippen LogP contribution is 2.32. The van der Waals surface area contributed by atoms with Crippen molar-refractivity contribution in [3.63, 3.8) is 0 Å². The van der Waals surface area contributed by atoms with Crippen LogP contribution in [0.3, 0.4) is 0 Å². The number of nitrogens with two attached hydrogens (primary N) is 1. The summed E-state index contributed by atoms with van der Waals surface area (Å²) in [6, 6.07) is 4.48. The van der Waals surface area contributed by atoms with Gasteiger partial charge in [0.1, 0.15) is 5.82 Å². The molecule has 0 amide bonds. The molecule has 100 valence electrons. The summed E-state index contributed by atoms with van der Waals surface area (Å²) in [6.45, 7) is 3.60. The van der Waals surface area contributed by atoms with Crippen LogP contribution < -0.4 is 5.73 Å². The molecule has 6 heteroatoms. The maximum atomic E-state index is 14.2. The molecule has 2 rings (SSSR count). The molecule has 0 aliphatic rings. The number of aryl methyl sites for hydroxylation is 2. The van der Waals surface area contributed by atoms with Crippen LogP contribution in [0.1, 0.15) is 28.6 Å². The average Bonchev–Trinajstić information content (AvgIpc) is 2.38. The molecule has 19 heavy (non-hydrogen) atoms. The Kier molecular flexibility index (Phi) is 4.18. The second-order valence-corrected chi connectivity index (χ2v) is 5.50. The van der Waals surface area contributed by atoms with Crippen LogP contribution in [-0.2, 0) is 0 Å². The monoisotopic (exact) mass is 343 g/mol. The first kappa shape index (κ1) is 14.4. The number of aromatic nitrogens is 2. The second kappa shape index (κ2) is 5.53. The van der Waals surface area contributed by atoms with Crippen LogP contribution in [0.15, 0.2) is 22.7 Å². The summed E-state index contributed by atoms with van der Waals surface area (Å²) in [5, 5.41) is 7.97. The molecule has 0 radical (unpaired) electrons. The van der Waals surface area contributed by atoms with Crippen molar-refractivity contribution in [1.29, 1.82) is 0 Å². The Morgan fingerprint density at radius 2 is 1.95 bits per heavy atom. The van der Waals surface area contributed by atoms with Crippen molar-refractivity contribution in [3.8, 4) is 0 Å². The van der Waals surface area contributed by atoms with Crippen LogP contribution in [0.2, 0.25) is 5.02 Å². The van der Waals surface area contributed by atoms with E-state index in [1.54, 1.807) is 19.1 Å². The van der Waals surface area contributed by atoms with Gasteiger partial charge in [0.25, 0.3) is 0 Å². The van der Waals surface area contributed by atoms with Crippen LogP contribution in [0, 0.1) is 19.7 Å². The van der Waals surface area contributed by atoms with Gasteiger partial charge in [-0.05, 0) is 47.5 Å². The first-order chi connectivity index (χ1) is 8.91. The molecule has 3 nitrogen and oxygen atoms in total. The third-order valence-corrected chi connectivity index (χ3v) is 4.13. The lowest BCUT2D eigenvalue weighted by Gasteiger charge is -2.16. The Morgan fingerprint density at radius 3 is 2.63 bits per heavy atom. The van der Waals surface area contributed by atoms with Gasteiger partial charge in [0, 0.05) is 10.0 Å². The van der Waals surface area contributed by atoms with E-state index in [0.717, 1.165) is 11.3 Å². The average molecular weight is 345 g/mol. The zero-order valence-electron chi connectivity index (χ0n) is 10.4. The van der Waals surface area contributed by atoms with Crippen molar-refractivity contribution < 1.29 is 4.39 Å². The van der Waals surface area contributed by atoms with Crippen molar-refractivity contribution in [2.45, 2.75) is 19.9 Å². The predicted octanol–water partition coefficient (Wildman–Crippen LogP) is 3.70. The minimum Gasteiger partial charge on any atom is -0.320 e. The van der Waals surface area contributed by atoms with Crippen molar-refractivity contribution in [1.82, 2.24) is 10.2 Å². The number of hydrogen-bond acceptors (Lipinski definition) is 3. The fraction of sp³-hybridized carbons (Fsp3) is 0.231. The molecule has 1 unspecified atom stereocenters. The third-order valence-electron chi connectivity index (χ3n) is 2.88. The first-order valence-corrected chi connectivity index (χ1v) is 6.78. The fourth-order valence-electron chi connectivity index (χ4n) is 1.83. The molecule has 0 saturated carbocycles. The fourth-order valence-corrected chi connectivity index (χ4v) is 2.31. The summed E-state index contributed by atoms with van der Waals surface area (Å²) < 4.78 is 14.7. The SMILES string of the molecule is Cc1cc(C(N)c2ccc(Br)c(Cl)c2F)c(C)nn1. The molecule has 0 bridgehead atoms. The molecule has 0 aliphatic heterocycles. The Morgan fingerprint density at radius 1 is 1.26 bits per heavy atom. The van der Waals surface area contributed by atoms with Crippen molar-refractivity contribution in [2.24, 2.45) is 5.73 Å². The van der Waals surface area contributed by atoms with E-state index in [0.29, 0.717) is 15.7 Å². The summed E-state index contributed by atoms with van der Waals surface area (Å²) >= 11 is 9.06. The van der Waals surface area contributed by atoms with Crippen LogP contribution in [-0.4, -0.2) is 10.2 Å². The van der Waals surface area contributed by atoms with E-state index >= 15 is 0 Å². The van der Waals surface area contributed by atoms with Gasteiger partial charge >= 0.3 is 0 Å². The zero-order valence-corrected chi connectivity index (χ0v) is 12.8. The number of nitrogens with zero attached hydrogens (tertiary/aromatic N) is 2. The van der Waals surface area contributed by atoms with Gasteiger partial charge in [-0.1, -0.05) is 17.7 Å². The smallest absolute Gasteiger partial charge is 0.148 e. The minimum absolute atomic E-state index is 0.0318. The lowest BCUT2D eigenvalue weighted by atomic mass is 9.98. The van der Waals surface area contributed by atoms with Gasteiger partial charge in [0.2, 0.25) is 0 Å². The summed E-state index contributed by atoms with van der Waals surface area (Å²) in [6.07, 6.45) is 0. The first-order valence-electron chi connectivity index (χ1n) is 5.61. The predicted molar refractivity (Wildman–Crippen MR) is 76.6 cm³/mol. The molecule has 2 N–H and O–H groups in total. The topological polar surface area (TPSA) is 51.8 Å². The normalized spacial score (nSPS) is 12.5. The molecular weight excluding hydrogens is 333 g/mol. The molecule has 0 fully saturated rings. The molecule has 0 saturated heterocycles. The number of hydrogen-bond donors (Lipinski definition) is 1. The lowest BCUT2D eigenvalue weighted by Crippen LogP contribution is -2.16. The largest absolute Gasteiger partial charge is 0.320 e. The van der Waals surface area contributed by atoms with E-state index in [9.17, 15) is 4.39 Å². The summed E-state index contributed by atoms with van der Waals surface area (Å²) in [5.41, 5.74) is 8.61. The molecule has 1 atom stereocenters.